The Kier molecular flexibility index (Phi) is 3.66. The molecule has 0 aromatic heterocycles. The molecule has 1 aliphatic heterocycles. The van der Waals surface area contributed by atoms with Gasteiger partial charge in [-0.05, 0) is 67.2 Å². The Balaban J connectivity index is 2.36. The van der Waals surface area contributed by atoms with Gasteiger partial charge in [-0.1, -0.05) is 0 Å². The second-order valence-electron chi connectivity index (χ2n) is 5.03. The van der Waals surface area contributed by atoms with Crippen molar-refractivity contribution in [3.63, 3.8) is 0 Å². The normalized spacial score (nSPS) is 16.7. The van der Waals surface area contributed by atoms with Crippen molar-refractivity contribution in [2.24, 2.45) is 0 Å². The molecule has 0 amide bonds. The fourth-order valence-corrected chi connectivity index (χ4v) is 2.63. The number of aryl methyl sites for hydroxylation is 1. The summed E-state index contributed by atoms with van der Waals surface area (Å²) in [6.07, 6.45) is 1.85. The first-order chi connectivity index (χ1) is 8.43. The van der Waals surface area contributed by atoms with Gasteiger partial charge in [0, 0.05) is 0 Å². The molecule has 0 unspecified atom stereocenters. The monoisotopic (exact) mass is 312 g/mol. The summed E-state index contributed by atoms with van der Waals surface area (Å²) in [5, 5.41) is 0. The zero-order valence-corrected chi connectivity index (χ0v) is 12.5. The molecule has 1 aromatic carbocycles. The number of carbonyl (C=O) groups excluding carboxylic acids is 1. The van der Waals surface area contributed by atoms with E-state index in [1.165, 1.54) is 0 Å². The fourth-order valence-electron chi connectivity index (χ4n) is 2.05. The molecule has 18 heavy (non-hydrogen) atoms. The van der Waals surface area contributed by atoms with Gasteiger partial charge in [-0.2, -0.15) is 0 Å². The summed E-state index contributed by atoms with van der Waals surface area (Å²) in [6.45, 7) is 6.33. The third kappa shape index (κ3) is 2.69. The molecule has 0 fully saturated rings. The van der Waals surface area contributed by atoms with E-state index < -0.39 is 0 Å². The Morgan fingerprint density at radius 2 is 2.22 bits per heavy atom. The molecule has 1 aromatic rings. The number of ether oxygens (including phenoxy) is 2. The molecule has 0 N–H and O–H groups in total. The summed E-state index contributed by atoms with van der Waals surface area (Å²) in [5.41, 5.74) is 1.48. The summed E-state index contributed by atoms with van der Waals surface area (Å²) < 4.78 is 11.8. The fraction of sp³-hybridized carbons (Fsp3) is 0.500. The molecule has 1 aliphatic rings. The summed E-state index contributed by atoms with van der Waals surface area (Å²) in [7, 11) is 0. The van der Waals surface area contributed by atoms with Gasteiger partial charge in [0.1, 0.15) is 11.4 Å². The maximum atomic E-state index is 11.7. The van der Waals surface area contributed by atoms with Gasteiger partial charge in [0.2, 0.25) is 0 Å². The lowest BCUT2D eigenvalue weighted by Crippen LogP contribution is -2.32. The Hall–Kier alpha value is -1.03. The number of rotatable bonds is 2. The van der Waals surface area contributed by atoms with Crippen LogP contribution in [0.5, 0.6) is 5.75 Å². The Morgan fingerprint density at radius 1 is 1.50 bits per heavy atom. The first-order valence-electron chi connectivity index (χ1n) is 6.11. The van der Waals surface area contributed by atoms with Crippen LogP contribution >= 0.6 is 15.9 Å². The highest BCUT2D eigenvalue weighted by Crippen LogP contribution is 2.39. The molecular weight excluding hydrogens is 296 g/mol. The first-order valence-corrected chi connectivity index (χ1v) is 6.91. The van der Waals surface area contributed by atoms with E-state index in [9.17, 15) is 4.79 Å². The molecule has 2 rings (SSSR count). The minimum atomic E-state index is -0.286. The van der Waals surface area contributed by atoms with E-state index in [4.69, 9.17) is 9.47 Å². The number of esters is 1. The van der Waals surface area contributed by atoms with Crippen LogP contribution in [0, 0.1) is 0 Å². The van der Waals surface area contributed by atoms with Gasteiger partial charge < -0.3 is 9.47 Å². The van der Waals surface area contributed by atoms with Gasteiger partial charge in [-0.25, -0.2) is 4.79 Å². The van der Waals surface area contributed by atoms with Crippen LogP contribution in [0.1, 0.15) is 43.1 Å². The van der Waals surface area contributed by atoms with E-state index >= 15 is 0 Å². The largest absolute Gasteiger partial charge is 0.486 e. The van der Waals surface area contributed by atoms with Crippen LogP contribution < -0.4 is 4.74 Å². The van der Waals surface area contributed by atoms with Gasteiger partial charge in [0.25, 0.3) is 0 Å². The zero-order valence-electron chi connectivity index (χ0n) is 10.9. The quantitative estimate of drug-likeness (QED) is 0.781. The van der Waals surface area contributed by atoms with Crippen molar-refractivity contribution in [3.05, 3.63) is 27.7 Å². The van der Waals surface area contributed by atoms with E-state index in [0.717, 1.165) is 28.6 Å². The number of fused-ring (bicyclic) bond motifs is 1. The highest BCUT2D eigenvalue weighted by atomic mass is 79.9. The molecular formula is C14H17BrO3. The van der Waals surface area contributed by atoms with Crippen LogP contribution in [0.15, 0.2) is 16.6 Å². The standard InChI is InChI=1S/C14H17BrO3/c1-4-17-13(16)10-7-9-5-6-14(2,3)18-12(9)11(15)8-10/h7-8H,4-6H2,1-3H3. The van der Waals surface area contributed by atoms with Crippen LogP contribution in [-0.4, -0.2) is 18.2 Å². The molecule has 0 bridgehead atoms. The van der Waals surface area contributed by atoms with E-state index in [1.807, 2.05) is 6.07 Å². The van der Waals surface area contributed by atoms with Crippen molar-refractivity contribution in [3.8, 4) is 5.75 Å². The lowest BCUT2D eigenvalue weighted by molar-refractivity contribution is 0.0525. The average molecular weight is 313 g/mol. The van der Waals surface area contributed by atoms with Gasteiger partial charge in [-0.15, -0.1) is 0 Å². The maximum absolute atomic E-state index is 11.7. The molecule has 0 atom stereocenters. The lowest BCUT2D eigenvalue weighted by atomic mass is 9.93. The Bertz CT molecular complexity index is 480. The van der Waals surface area contributed by atoms with Crippen LogP contribution in [-0.2, 0) is 11.2 Å². The van der Waals surface area contributed by atoms with Crippen LogP contribution in [0.25, 0.3) is 0 Å². The minimum absolute atomic E-state index is 0.152. The third-order valence-electron chi connectivity index (χ3n) is 3.01. The van der Waals surface area contributed by atoms with Crippen LogP contribution in [0.4, 0.5) is 0 Å². The number of hydrogen-bond donors (Lipinski definition) is 0. The molecule has 3 nitrogen and oxygen atoms in total. The highest BCUT2D eigenvalue weighted by molar-refractivity contribution is 9.10. The summed E-state index contributed by atoms with van der Waals surface area (Å²) in [6, 6.07) is 3.63. The predicted molar refractivity (Wildman–Crippen MR) is 73.1 cm³/mol. The Morgan fingerprint density at radius 3 is 2.89 bits per heavy atom. The minimum Gasteiger partial charge on any atom is -0.486 e. The van der Waals surface area contributed by atoms with Crippen LogP contribution in [0.2, 0.25) is 0 Å². The topological polar surface area (TPSA) is 35.5 Å². The van der Waals surface area contributed by atoms with Gasteiger partial charge in [-0.3, -0.25) is 0 Å². The number of hydrogen-bond acceptors (Lipinski definition) is 3. The lowest BCUT2D eigenvalue weighted by Gasteiger charge is -2.33. The Labute approximate surface area is 116 Å². The summed E-state index contributed by atoms with van der Waals surface area (Å²) in [4.78, 5) is 11.7. The smallest absolute Gasteiger partial charge is 0.338 e. The molecule has 0 aliphatic carbocycles. The average Bonchev–Trinajstić information content (AvgIpc) is 2.29. The van der Waals surface area contributed by atoms with E-state index in [-0.39, 0.29) is 11.6 Å². The van der Waals surface area contributed by atoms with Crippen LogP contribution in [0.3, 0.4) is 0 Å². The third-order valence-corrected chi connectivity index (χ3v) is 3.60. The second kappa shape index (κ2) is 4.92. The molecule has 4 heteroatoms. The second-order valence-corrected chi connectivity index (χ2v) is 5.88. The van der Waals surface area contributed by atoms with Crippen molar-refractivity contribution in [1.29, 1.82) is 0 Å². The van der Waals surface area contributed by atoms with Gasteiger partial charge in [0.15, 0.2) is 0 Å². The maximum Gasteiger partial charge on any atom is 0.338 e. The van der Waals surface area contributed by atoms with Crippen molar-refractivity contribution in [2.45, 2.75) is 39.2 Å². The number of benzene rings is 1. The molecule has 0 saturated heterocycles. The SMILES string of the molecule is CCOC(=O)c1cc(Br)c2c(c1)CCC(C)(C)O2. The van der Waals surface area contributed by atoms with Crippen molar-refractivity contribution in [2.75, 3.05) is 6.61 Å². The molecule has 0 radical (unpaired) electrons. The zero-order chi connectivity index (χ0) is 13.3. The molecule has 0 spiro atoms. The summed E-state index contributed by atoms with van der Waals surface area (Å²) >= 11 is 3.47. The highest BCUT2D eigenvalue weighted by Gasteiger charge is 2.29. The number of carbonyl (C=O) groups is 1. The number of halogens is 1. The first kappa shape index (κ1) is 13.4. The molecule has 98 valence electrons. The van der Waals surface area contributed by atoms with E-state index in [2.05, 4.69) is 29.8 Å². The van der Waals surface area contributed by atoms with Gasteiger partial charge in [0.05, 0.1) is 16.6 Å². The van der Waals surface area contributed by atoms with Gasteiger partial charge >= 0.3 is 5.97 Å². The summed E-state index contributed by atoms with van der Waals surface area (Å²) in [5.74, 6) is 0.560. The van der Waals surface area contributed by atoms with E-state index in [0.29, 0.717) is 12.2 Å². The van der Waals surface area contributed by atoms with E-state index in [1.54, 1.807) is 13.0 Å². The van der Waals surface area contributed by atoms with Crippen molar-refractivity contribution in [1.82, 2.24) is 0 Å². The molecule has 1 heterocycles. The molecule has 0 saturated carbocycles. The predicted octanol–water partition coefficient (Wildman–Crippen LogP) is 3.73. The van der Waals surface area contributed by atoms with Crippen molar-refractivity contribution < 1.29 is 14.3 Å². The van der Waals surface area contributed by atoms with Crippen molar-refractivity contribution >= 4 is 21.9 Å².